The zero-order valence-electron chi connectivity index (χ0n) is 17.6. The van der Waals surface area contributed by atoms with Crippen LogP contribution in [0.15, 0.2) is 37.3 Å². The summed E-state index contributed by atoms with van der Waals surface area (Å²) in [5.74, 6) is 0.833. The number of hydrogen-bond donors (Lipinski definition) is 2. The van der Waals surface area contributed by atoms with Gasteiger partial charge in [0.1, 0.15) is 13.1 Å². The van der Waals surface area contributed by atoms with Crippen LogP contribution in [0.2, 0.25) is 0 Å². The molecule has 26 heavy (non-hydrogen) atoms. The zero-order valence-corrected chi connectivity index (χ0v) is 17.6. The van der Waals surface area contributed by atoms with Gasteiger partial charge in [0.15, 0.2) is 0 Å². The third kappa shape index (κ3) is 37.9. The Bertz CT molecular complexity index is 402. The maximum absolute atomic E-state index is 10.1. The number of pyridine rings is 1. The largest absolute Gasteiger partial charge is 0.405 e. The lowest BCUT2D eigenvalue weighted by atomic mass is 10.1. The molecule has 0 saturated heterocycles. The molecule has 0 aromatic carbocycles. The Balaban J connectivity index is -0.000000137. The second kappa shape index (κ2) is 22.9. The Labute approximate surface area is 160 Å². The molecule has 1 aromatic rings. The van der Waals surface area contributed by atoms with Crippen LogP contribution in [0, 0.1) is 5.92 Å². The fourth-order valence-electron chi connectivity index (χ4n) is 0.850. The van der Waals surface area contributed by atoms with Gasteiger partial charge in [-0.2, -0.15) is 0 Å². The summed E-state index contributed by atoms with van der Waals surface area (Å²) in [6.07, 6.45) is 5.77. The first-order valence-electron chi connectivity index (χ1n) is 8.31. The molecule has 1 rings (SSSR count). The van der Waals surface area contributed by atoms with Gasteiger partial charge in [-0.25, -0.2) is 0 Å². The van der Waals surface area contributed by atoms with E-state index in [-0.39, 0.29) is 11.6 Å². The number of aldehydes is 1. The lowest BCUT2D eigenvalue weighted by molar-refractivity contribution is -0.108. The number of aromatic nitrogens is 1. The van der Waals surface area contributed by atoms with Gasteiger partial charge < -0.3 is 25.8 Å². The topological polar surface area (TPSA) is 108 Å². The molecule has 1 aromatic heterocycles. The van der Waals surface area contributed by atoms with E-state index in [0.717, 1.165) is 17.8 Å². The highest BCUT2D eigenvalue weighted by atomic mass is 16.5. The van der Waals surface area contributed by atoms with E-state index < -0.39 is 0 Å². The molecule has 1 atom stereocenters. The van der Waals surface area contributed by atoms with Gasteiger partial charge in [-0.1, -0.05) is 27.4 Å². The summed E-state index contributed by atoms with van der Waals surface area (Å²) in [6, 6.07) is 3.44. The number of carbonyl (C=O) groups excluding carboxylic acids is 2. The number of rotatable bonds is 3. The van der Waals surface area contributed by atoms with Crippen molar-refractivity contribution >= 4 is 13.1 Å². The van der Waals surface area contributed by atoms with Crippen LogP contribution in [0.5, 0.6) is 0 Å². The highest BCUT2D eigenvalue weighted by Gasteiger charge is 2.04. The van der Waals surface area contributed by atoms with Crippen LogP contribution >= 0.6 is 0 Å². The van der Waals surface area contributed by atoms with Crippen molar-refractivity contribution in [1.29, 1.82) is 0 Å². The van der Waals surface area contributed by atoms with Crippen molar-refractivity contribution in [2.75, 3.05) is 7.11 Å². The predicted molar refractivity (Wildman–Crippen MR) is 111 cm³/mol. The van der Waals surface area contributed by atoms with Crippen molar-refractivity contribution in [1.82, 2.24) is 4.98 Å². The lowest BCUT2D eigenvalue weighted by Gasteiger charge is -2.14. The van der Waals surface area contributed by atoms with Crippen LogP contribution in [0.1, 0.15) is 59.6 Å². The maximum Gasteiger partial charge on any atom is 0.121 e. The summed E-state index contributed by atoms with van der Waals surface area (Å²) in [4.78, 5) is 21.9. The molecule has 0 radical (unpaired) electrons. The molecule has 0 aliphatic carbocycles. The van der Waals surface area contributed by atoms with E-state index >= 15 is 0 Å². The van der Waals surface area contributed by atoms with E-state index in [1.165, 1.54) is 6.20 Å². The first-order valence-corrected chi connectivity index (χ1v) is 8.31. The average molecular weight is 370 g/mol. The monoisotopic (exact) mass is 369 g/mol. The normalized spacial score (nSPS) is 10.0. The number of nitrogens with zero attached hydrogens (tertiary/aromatic N) is 1. The van der Waals surface area contributed by atoms with E-state index in [2.05, 4.69) is 38.1 Å². The van der Waals surface area contributed by atoms with Gasteiger partial charge in [-0.05, 0) is 50.6 Å². The molecule has 6 nitrogen and oxygen atoms in total. The summed E-state index contributed by atoms with van der Waals surface area (Å²) in [6.45, 7) is 17.7. The minimum absolute atomic E-state index is 0.0417. The Morgan fingerprint density at radius 1 is 1.19 bits per heavy atom. The molecule has 4 N–H and O–H groups in total. The summed E-state index contributed by atoms with van der Waals surface area (Å²) in [7, 11) is 1.71. The molecule has 0 spiro atoms. The highest BCUT2D eigenvalue weighted by molar-refractivity contribution is 5.51. The summed E-state index contributed by atoms with van der Waals surface area (Å²) in [5.41, 5.74) is 11.3. The van der Waals surface area contributed by atoms with Gasteiger partial charge in [-0.3, -0.25) is 4.98 Å². The highest BCUT2D eigenvalue weighted by Crippen LogP contribution is 2.09. The molecule has 152 valence electrons. The van der Waals surface area contributed by atoms with Gasteiger partial charge in [0, 0.05) is 32.0 Å². The van der Waals surface area contributed by atoms with E-state index in [9.17, 15) is 4.79 Å². The maximum atomic E-state index is 10.1. The van der Waals surface area contributed by atoms with Crippen LogP contribution in [0.25, 0.3) is 0 Å². The van der Waals surface area contributed by atoms with Crippen molar-refractivity contribution in [3.05, 3.63) is 42.9 Å². The fraction of sp³-hybridized carbons (Fsp3) is 0.550. The Morgan fingerprint density at radius 2 is 1.50 bits per heavy atom. The summed E-state index contributed by atoms with van der Waals surface area (Å²) in [5, 5.41) is 0. The van der Waals surface area contributed by atoms with Crippen LogP contribution in [-0.4, -0.2) is 30.8 Å². The summed E-state index contributed by atoms with van der Waals surface area (Å²) >= 11 is 0. The smallest absolute Gasteiger partial charge is 0.121 e. The van der Waals surface area contributed by atoms with E-state index in [1.807, 2.05) is 39.7 Å². The SMILES string of the molecule is C=CN.C=O.CC(C)C.COC(C)(C)C.NC(CC=O)c1ccncc1. The second-order valence-electron chi connectivity index (χ2n) is 6.57. The Kier molecular flexibility index (Phi) is 28.0. The van der Waals surface area contributed by atoms with E-state index in [0.29, 0.717) is 6.42 Å². The Hall–Kier alpha value is -2.05. The molecule has 0 amide bonds. The number of carbonyl (C=O) groups is 2. The minimum Gasteiger partial charge on any atom is -0.405 e. The molecule has 0 aliphatic rings. The van der Waals surface area contributed by atoms with Crippen LogP contribution in [-0.2, 0) is 14.3 Å². The van der Waals surface area contributed by atoms with Crippen LogP contribution in [0.4, 0.5) is 0 Å². The molecule has 1 unspecified atom stereocenters. The molecular formula is C20H39N3O3. The minimum atomic E-state index is -0.185. The molecule has 0 bridgehead atoms. The predicted octanol–water partition coefficient (Wildman–Crippen LogP) is 3.67. The number of hydrogen-bond acceptors (Lipinski definition) is 6. The van der Waals surface area contributed by atoms with Crippen molar-refractivity contribution in [2.45, 2.75) is 59.6 Å². The van der Waals surface area contributed by atoms with Crippen molar-refractivity contribution < 1.29 is 14.3 Å². The van der Waals surface area contributed by atoms with Gasteiger partial charge >= 0.3 is 0 Å². The number of nitrogens with two attached hydrogens (primary N) is 2. The quantitative estimate of drug-likeness (QED) is 0.787. The third-order valence-electron chi connectivity index (χ3n) is 2.10. The lowest BCUT2D eigenvalue weighted by Crippen LogP contribution is -2.15. The molecule has 0 fully saturated rings. The fourth-order valence-corrected chi connectivity index (χ4v) is 0.850. The first kappa shape index (κ1) is 31.7. The molecular weight excluding hydrogens is 330 g/mol. The van der Waals surface area contributed by atoms with Gasteiger partial charge in [0.25, 0.3) is 0 Å². The average Bonchev–Trinajstić information content (AvgIpc) is 2.58. The van der Waals surface area contributed by atoms with Gasteiger partial charge in [-0.15, -0.1) is 0 Å². The first-order chi connectivity index (χ1) is 12.0. The van der Waals surface area contributed by atoms with E-state index in [1.54, 1.807) is 19.5 Å². The number of methoxy groups -OCH3 is 1. The van der Waals surface area contributed by atoms with E-state index in [4.69, 9.17) is 15.3 Å². The van der Waals surface area contributed by atoms with Crippen LogP contribution < -0.4 is 11.5 Å². The standard InChI is InChI=1S/C8H10N2O.C5H12O.C4H10.C2H5N.CH2O/c9-8(3-6-11)7-1-4-10-5-2-7;1-5(2,3)6-4;1-4(2)3;1-2-3;1-2/h1-2,4-6,8H,3,9H2;1-4H3;4H,1-3H3;2H,1,3H2;1H2. The summed E-state index contributed by atoms with van der Waals surface area (Å²) < 4.78 is 4.94. The molecule has 1 heterocycles. The van der Waals surface area contributed by atoms with Crippen LogP contribution in [0.3, 0.4) is 0 Å². The van der Waals surface area contributed by atoms with Gasteiger partial charge in [0.2, 0.25) is 0 Å². The Morgan fingerprint density at radius 3 is 1.73 bits per heavy atom. The van der Waals surface area contributed by atoms with Crippen molar-refractivity contribution in [2.24, 2.45) is 17.4 Å². The molecule has 0 saturated carbocycles. The molecule has 6 heteroatoms. The van der Waals surface area contributed by atoms with Crippen molar-refractivity contribution in [3.8, 4) is 0 Å². The van der Waals surface area contributed by atoms with Gasteiger partial charge in [0.05, 0.1) is 5.60 Å². The third-order valence-corrected chi connectivity index (χ3v) is 2.10. The zero-order chi connectivity index (χ0) is 21.6. The number of ether oxygens (including phenoxy) is 1. The van der Waals surface area contributed by atoms with Crippen molar-refractivity contribution in [3.63, 3.8) is 0 Å². The molecule has 0 aliphatic heterocycles. The second-order valence-corrected chi connectivity index (χ2v) is 6.57.